The first kappa shape index (κ1) is 19.9. The van der Waals surface area contributed by atoms with Gasteiger partial charge in [0.05, 0.1) is 26.3 Å². The third-order valence-electron chi connectivity index (χ3n) is 2.97. The molecule has 9 heteroatoms. The molecule has 0 saturated carbocycles. The summed E-state index contributed by atoms with van der Waals surface area (Å²) in [6.07, 6.45) is -7.98. The van der Waals surface area contributed by atoms with Crippen molar-refractivity contribution in [3.63, 3.8) is 0 Å². The lowest BCUT2D eigenvalue weighted by molar-refractivity contribution is -0.209. The monoisotopic (exact) mass is 377 g/mol. The first-order valence-corrected chi connectivity index (χ1v) is 8.86. The minimum atomic E-state index is -4.75. The van der Waals surface area contributed by atoms with Gasteiger partial charge in [-0.25, -0.2) is 8.93 Å². The molecule has 0 amide bonds. The second-order valence-electron chi connectivity index (χ2n) is 6.17. The molecule has 1 aromatic rings. The molecule has 0 bridgehead atoms. The second-order valence-corrected chi connectivity index (χ2v) is 9.46. The van der Waals surface area contributed by atoms with Gasteiger partial charge >= 0.3 is 6.18 Å². The lowest BCUT2D eigenvalue weighted by Gasteiger charge is -2.35. The van der Waals surface area contributed by atoms with Crippen LogP contribution >= 0.6 is 22.9 Å². The van der Waals surface area contributed by atoms with E-state index >= 15 is 0 Å². The molecule has 0 unspecified atom stereocenters. The van der Waals surface area contributed by atoms with Crippen molar-refractivity contribution < 1.29 is 22.5 Å². The number of aliphatic hydroxyl groups is 1. The van der Waals surface area contributed by atoms with Crippen LogP contribution in [0.2, 0.25) is 5.02 Å². The van der Waals surface area contributed by atoms with Crippen LogP contribution in [0.4, 0.5) is 13.2 Å². The highest BCUT2D eigenvalue weighted by Gasteiger charge is 2.45. The standard InChI is InChI=1S/C13H19ClF3NO2S2/c1-11(2,3)22(20)18-12(4,7-9(19)13(15,16)17)10-8(14)5-6-21-10/h5-6,9,18-19H,7H2,1-4H3/t9-,12+,22+/m1/s1. The number of nitrogens with one attached hydrogen (secondary N) is 1. The van der Waals surface area contributed by atoms with Gasteiger partial charge in [-0.15, -0.1) is 11.3 Å². The number of thiophene rings is 1. The summed E-state index contributed by atoms with van der Waals surface area (Å²) >= 11 is 7.18. The van der Waals surface area contributed by atoms with Crippen LogP contribution in [0.25, 0.3) is 0 Å². The van der Waals surface area contributed by atoms with Crippen molar-refractivity contribution in [2.24, 2.45) is 0 Å². The van der Waals surface area contributed by atoms with Gasteiger partial charge in [-0.05, 0) is 39.1 Å². The lowest BCUT2D eigenvalue weighted by Crippen LogP contribution is -2.49. The number of halogens is 4. The molecule has 3 nitrogen and oxygen atoms in total. The predicted molar refractivity (Wildman–Crippen MR) is 84.4 cm³/mol. The average Bonchev–Trinajstić information content (AvgIpc) is 2.73. The highest BCUT2D eigenvalue weighted by Crippen LogP contribution is 2.39. The van der Waals surface area contributed by atoms with Crippen LogP contribution in [0.15, 0.2) is 11.4 Å². The zero-order valence-corrected chi connectivity index (χ0v) is 15.0. The molecule has 1 rings (SSSR count). The van der Waals surface area contributed by atoms with E-state index in [0.717, 1.165) is 11.3 Å². The third kappa shape index (κ3) is 4.92. The molecule has 128 valence electrons. The minimum Gasteiger partial charge on any atom is -0.384 e. The fourth-order valence-corrected chi connectivity index (χ4v) is 4.09. The van der Waals surface area contributed by atoms with Gasteiger partial charge in [0.15, 0.2) is 6.10 Å². The summed E-state index contributed by atoms with van der Waals surface area (Å²) in [5.41, 5.74) is -1.36. The zero-order chi connectivity index (χ0) is 17.3. The van der Waals surface area contributed by atoms with E-state index in [4.69, 9.17) is 11.6 Å². The third-order valence-corrected chi connectivity index (χ3v) is 6.33. The van der Waals surface area contributed by atoms with E-state index in [-0.39, 0.29) is 5.02 Å². The molecule has 0 radical (unpaired) electrons. The Balaban J connectivity index is 3.17. The molecular formula is C13H19ClF3NO2S2. The lowest BCUT2D eigenvalue weighted by atomic mass is 9.93. The zero-order valence-electron chi connectivity index (χ0n) is 12.6. The van der Waals surface area contributed by atoms with Crippen molar-refractivity contribution in [2.45, 2.75) is 56.7 Å². The van der Waals surface area contributed by atoms with Gasteiger partial charge < -0.3 is 5.11 Å². The molecule has 2 N–H and O–H groups in total. The van der Waals surface area contributed by atoms with Crippen molar-refractivity contribution in [1.29, 1.82) is 0 Å². The molecule has 0 aromatic carbocycles. The van der Waals surface area contributed by atoms with Crippen LogP contribution < -0.4 is 4.72 Å². The summed E-state index contributed by atoms with van der Waals surface area (Å²) in [6, 6.07) is 1.56. The summed E-state index contributed by atoms with van der Waals surface area (Å²) < 4.78 is 52.5. The van der Waals surface area contributed by atoms with Crippen LogP contribution in [0, 0.1) is 0 Å². The van der Waals surface area contributed by atoms with Gasteiger partial charge in [0, 0.05) is 11.3 Å². The van der Waals surface area contributed by atoms with E-state index in [2.05, 4.69) is 4.72 Å². The van der Waals surface area contributed by atoms with Gasteiger partial charge in [0.2, 0.25) is 0 Å². The Morgan fingerprint density at radius 3 is 2.27 bits per heavy atom. The van der Waals surface area contributed by atoms with Crippen molar-refractivity contribution in [3.05, 3.63) is 21.3 Å². The first-order chi connectivity index (χ1) is 9.77. The van der Waals surface area contributed by atoms with Crippen LogP contribution in [0.1, 0.15) is 39.0 Å². The van der Waals surface area contributed by atoms with Gasteiger partial charge in [0.1, 0.15) is 0 Å². The maximum Gasteiger partial charge on any atom is 0.414 e. The molecule has 0 fully saturated rings. The molecule has 1 heterocycles. The summed E-state index contributed by atoms with van der Waals surface area (Å²) in [5, 5.41) is 11.3. The van der Waals surface area contributed by atoms with Gasteiger partial charge in [-0.1, -0.05) is 11.6 Å². The highest BCUT2D eigenvalue weighted by atomic mass is 35.5. The molecule has 22 heavy (non-hydrogen) atoms. The van der Waals surface area contributed by atoms with E-state index in [1.54, 1.807) is 32.2 Å². The summed E-state index contributed by atoms with van der Waals surface area (Å²) in [6.45, 7) is 6.57. The van der Waals surface area contributed by atoms with Gasteiger partial charge in [-0.3, -0.25) is 0 Å². The number of alkyl halides is 3. The molecule has 1 aromatic heterocycles. The van der Waals surface area contributed by atoms with E-state index in [0.29, 0.717) is 4.88 Å². The predicted octanol–water partition coefficient (Wildman–Crippen LogP) is 3.98. The molecule has 0 aliphatic rings. The molecule has 0 aliphatic heterocycles. The maximum atomic E-state index is 12.7. The Morgan fingerprint density at radius 2 is 1.91 bits per heavy atom. The normalized spacial score (nSPS) is 18.8. The van der Waals surface area contributed by atoms with Crippen LogP contribution in [-0.2, 0) is 16.5 Å². The fourth-order valence-electron chi connectivity index (χ4n) is 1.73. The van der Waals surface area contributed by atoms with Crippen molar-refractivity contribution in [2.75, 3.05) is 0 Å². The Hall–Kier alpha value is -0.150. The minimum absolute atomic E-state index is 0.278. The Kier molecular flexibility index (Phi) is 6.12. The smallest absolute Gasteiger partial charge is 0.384 e. The number of aliphatic hydroxyl groups excluding tert-OH is 1. The summed E-state index contributed by atoms with van der Waals surface area (Å²) in [7, 11) is -1.62. The molecule has 0 aliphatic carbocycles. The van der Waals surface area contributed by atoms with E-state index < -0.39 is 40.0 Å². The van der Waals surface area contributed by atoms with Crippen molar-refractivity contribution >= 4 is 33.9 Å². The largest absolute Gasteiger partial charge is 0.414 e. The quantitative estimate of drug-likeness (QED) is 0.815. The number of rotatable bonds is 5. The van der Waals surface area contributed by atoms with Gasteiger partial charge in [-0.2, -0.15) is 13.2 Å². The molecular weight excluding hydrogens is 359 g/mol. The second kappa shape index (κ2) is 6.76. The van der Waals surface area contributed by atoms with Crippen LogP contribution in [0.3, 0.4) is 0 Å². The van der Waals surface area contributed by atoms with Gasteiger partial charge in [0.25, 0.3) is 0 Å². The fraction of sp³-hybridized carbons (Fsp3) is 0.692. The van der Waals surface area contributed by atoms with Crippen molar-refractivity contribution in [1.82, 2.24) is 4.72 Å². The van der Waals surface area contributed by atoms with Crippen LogP contribution in [0.5, 0.6) is 0 Å². The Morgan fingerprint density at radius 1 is 1.36 bits per heavy atom. The Labute approximate surface area is 139 Å². The van der Waals surface area contributed by atoms with E-state index in [1.165, 1.54) is 6.92 Å². The summed E-state index contributed by atoms with van der Waals surface area (Å²) in [4.78, 5) is 0.412. The number of hydrogen-bond acceptors (Lipinski definition) is 3. The summed E-state index contributed by atoms with van der Waals surface area (Å²) in [5.74, 6) is 0. The SMILES string of the molecule is CC(C)(C)[S@](=O)N[C@@](C)(C[C@@H](O)C(F)(F)F)c1sccc1Cl. The average molecular weight is 378 g/mol. The molecule has 3 atom stereocenters. The Bertz CT molecular complexity index is 542. The molecule has 0 saturated heterocycles. The van der Waals surface area contributed by atoms with E-state index in [9.17, 15) is 22.5 Å². The van der Waals surface area contributed by atoms with Crippen molar-refractivity contribution in [3.8, 4) is 0 Å². The molecule has 0 spiro atoms. The first-order valence-electron chi connectivity index (χ1n) is 6.45. The van der Waals surface area contributed by atoms with Crippen LogP contribution in [-0.4, -0.2) is 26.3 Å². The number of hydrogen-bond donors (Lipinski definition) is 2. The van der Waals surface area contributed by atoms with E-state index in [1.807, 2.05) is 0 Å². The topological polar surface area (TPSA) is 49.3 Å². The highest BCUT2D eigenvalue weighted by molar-refractivity contribution is 7.84. The maximum absolute atomic E-state index is 12.7.